The first-order valence-corrected chi connectivity index (χ1v) is 8.48. The topological polar surface area (TPSA) is 15.3 Å². The highest BCUT2D eigenvalue weighted by Gasteiger charge is 2.19. The minimum Gasteiger partial charge on any atom is -0.381 e. The molecule has 0 spiro atoms. The van der Waals surface area contributed by atoms with Crippen molar-refractivity contribution in [2.75, 3.05) is 18.4 Å². The predicted octanol–water partition coefficient (Wildman–Crippen LogP) is 4.68. The number of alkyl halides is 2. The summed E-state index contributed by atoms with van der Waals surface area (Å²) in [6.07, 6.45) is 3.31. The molecule has 5 heteroatoms. The molecule has 1 heterocycles. The van der Waals surface area contributed by atoms with Crippen LogP contribution in [0.15, 0.2) is 29.2 Å². The summed E-state index contributed by atoms with van der Waals surface area (Å²) in [4.78, 5) is 3.12. The molecule has 1 N–H and O–H groups in total. The summed E-state index contributed by atoms with van der Waals surface area (Å²) in [5.41, 5.74) is 0.839. The Balaban J connectivity index is 1.98. The van der Waals surface area contributed by atoms with Crippen molar-refractivity contribution in [3.8, 4) is 0 Å². The number of hydrogen-bond acceptors (Lipinski definition) is 3. The summed E-state index contributed by atoms with van der Waals surface area (Å²) in [7, 11) is 0. The van der Waals surface area contributed by atoms with Crippen molar-refractivity contribution in [2.24, 2.45) is 0 Å². The van der Waals surface area contributed by atoms with Gasteiger partial charge in [0.15, 0.2) is 0 Å². The molecule has 1 atom stereocenters. The van der Waals surface area contributed by atoms with E-state index >= 15 is 0 Å². The predicted molar refractivity (Wildman–Crippen MR) is 86.3 cm³/mol. The van der Waals surface area contributed by atoms with Crippen LogP contribution < -0.4 is 5.32 Å². The van der Waals surface area contributed by atoms with Gasteiger partial charge >= 0.3 is 0 Å². The van der Waals surface area contributed by atoms with Crippen LogP contribution in [-0.4, -0.2) is 35.8 Å². The van der Waals surface area contributed by atoms with E-state index in [-0.39, 0.29) is 0 Å². The Morgan fingerprint density at radius 3 is 2.67 bits per heavy atom. The number of para-hydroxylation sites is 1. The molecule has 1 aromatic rings. The van der Waals surface area contributed by atoms with Crippen LogP contribution in [0.3, 0.4) is 0 Å². The van der Waals surface area contributed by atoms with Gasteiger partial charge in [-0.3, -0.25) is 0 Å². The van der Waals surface area contributed by atoms with Gasteiger partial charge in [-0.1, -0.05) is 23.9 Å². The summed E-state index contributed by atoms with van der Waals surface area (Å²) >= 11 is 0.618. The third-order valence-corrected chi connectivity index (χ3v) is 4.74. The summed E-state index contributed by atoms with van der Waals surface area (Å²) in [5, 5.41) is 3.47. The van der Waals surface area contributed by atoms with Crippen molar-refractivity contribution in [2.45, 2.75) is 55.8 Å². The number of nitrogens with zero attached hydrogens (tertiary/aromatic N) is 1. The Labute approximate surface area is 130 Å². The molecule has 1 aromatic carbocycles. The number of likely N-dealkylation sites (tertiary alicyclic amines) is 1. The zero-order chi connectivity index (χ0) is 15.2. The van der Waals surface area contributed by atoms with Crippen molar-refractivity contribution >= 4 is 17.4 Å². The monoisotopic (exact) mass is 314 g/mol. The molecule has 1 fully saturated rings. The first-order chi connectivity index (χ1) is 10.1. The maximum absolute atomic E-state index is 12.6. The maximum atomic E-state index is 12.6. The van der Waals surface area contributed by atoms with Crippen molar-refractivity contribution in [3.05, 3.63) is 24.3 Å². The number of thioether (sulfide) groups is 1. The largest absolute Gasteiger partial charge is 0.381 e. The molecule has 1 aliphatic rings. The molecular weight excluding hydrogens is 290 g/mol. The highest BCUT2D eigenvalue weighted by molar-refractivity contribution is 7.99. The Bertz CT molecular complexity index is 440. The van der Waals surface area contributed by atoms with Crippen LogP contribution in [0.4, 0.5) is 14.5 Å². The van der Waals surface area contributed by atoms with E-state index < -0.39 is 5.76 Å². The molecule has 0 amide bonds. The normalized spacial score (nSPS) is 20.8. The highest BCUT2D eigenvalue weighted by atomic mass is 32.2. The average molecular weight is 314 g/mol. The van der Waals surface area contributed by atoms with E-state index in [0.717, 1.165) is 38.0 Å². The Morgan fingerprint density at radius 2 is 1.95 bits per heavy atom. The van der Waals surface area contributed by atoms with Gasteiger partial charge in [-0.15, -0.1) is 0 Å². The maximum Gasteiger partial charge on any atom is 0.288 e. The third-order valence-electron chi connectivity index (χ3n) is 3.96. The molecule has 0 aliphatic carbocycles. The molecule has 1 unspecified atom stereocenters. The fourth-order valence-corrected chi connectivity index (χ4v) is 3.39. The summed E-state index contributed by atoms with van der Waals surface area (Å²) in [6.45, 7) is 6.65. The summed E-state index contributed by atoms with van der Waals surface area (Å²) in [5.74, 6) is -2.38. The van der Waals surface area contributed by atoms with Crippen LogP contribution in [0.25, 0.3) is 0 Å². The molecular formula is C16H24F2N2S. The highest BCUT2D eigenvalue weighted by Crippen LogP contribution is 2.32. The molecule has 0 saturated carbocycles. The van der Waals surface area contributed by atoms with Crippen LogP contribution in [0, 0.1) is 0 Å². The molecule has 2 rings (SSSR count). The van der Waals surface area contributed by atoms with Crippen molar-refractivity contribution in [3.63, 3.8) is 0 Å². The van der Waals surface area contributed by atoms with Crippen LogP contribution >= 0.6 is 11.8 Å². The van der Waals surface area contributed by atoms with E-state index in [1.165, 1.54) is 0 Å². The van der Waals surface area contributed by atoms with Gasteiger partial charge in [-0.25, -0.2) is 0 Å². The lowest BCUT2D eigenvalue weighted by Gasteiger charge is -2.24. The summed E-state index contributed by atoms with van der Waals surface area (Å²) in [6, 6.07) is 8.31. The van der Waals surface area contributed by atoms with E-state index in [2.05, 4.69) is 24.1 Å². The SMILES string of the molecule is CC(C)N1CCCC(Nc2ccccc2SC(F)F)CC1. The van der Waals surface area contributed by atoms with Crippen molar-refractivity contribution < 1.29 is 8.78 Å². The van der Waals surface area contributed by atoms with Gasteiger partial charge in [0.25, 0.3) is 5.76 Å². The second kappa shape index (κ2) is 7.99. The van der Waals surface area contributed by atoms with Gasteiger partial charge in [-0.2, -0.15) is 8.78 Å². The molecule has 118 valence electrons. The lowest BCUT2D eigenvalue weighted by atomic mass is 10.1. The molecule has 2 nitrogen and oxygen atoms in total. The van der Waals surface area contributed by atoms with E-state index in [1.54, 1.807) is 6.07 Å². The first-order valence-electron chi connectivity index (χ1n) is 7.60. The lowest BCUT2D eigenvalue weighted by Crippen LogP contribution is -2.32. The number of benzene rings is 1. The van der Waals surface area contributed by atoms with Gasteiger partial charge in [0.05, 0.1) is 0 Å². The lowest BCUT2D eigenvalue weighted by molar-refractivity contribution is 0.230. The minimum atomic E-state index is -2.38. The van der Waals surface area contributed by atoms with E-state index in [9.17, 15) is 8.78 Å². The van der Waals surface area contributed by atoms with Gasteiger partial charge in [0.1, 0.15) is 0 Å². The average Bonchev–Trinajstić information content (AvgIpc) is 2.66. The van der Waals surface area contributed by atoms with Crippen molar-refractivity contribution in [1.82, 2.24) is 4.90 Å². The molecule has 1 aliphatic heterocycles. The second-order valence-electron chi connectivity index (χ2n) is 5.78. The second-order valence-corrected chi connectivity index (χ2v) is 6.81. The fraction of sp³-hybridized carbons (Fsp3) is 0.625. The van der Waals surface area contributed by atoms with Gasteiger partial charge < -0.3 is 10.2 Å². The molecule has 0 radical (unpaired) electrons. The smallest absolute Gasteiger partial charge is 0.288 e. The Morgan fingerprint density at radius 1 is 1.19 bits per heavy atom. The molecule has 0 aromatic heterocycles. The van der Waals surface area contributed by atoms with Gasteiger partial charge in [-0.05, 0) is 51.8 Å². The minimum absolute atomic E-state index is 0.369. The van der Waals surface area contributed by atoms with E-state index in [0.29, 0.717) is 28.7 Å². The standard InChI is InChI=1S/C16H24F2N2S/c1-12(2)20-10-5-6-13(9-11-20)19-14-7-3-4-8-15(14)21-16(17)18/h3-4,7-8,12-13,16,19H,5-6,9-11H2,1-2H3. The van der Waals surface area contributed by atoms with Crippen molar-refractivity contribution in [1.29, 1.82) is 0 Å². The quantitative estimate of drug-likeness (QED) is 0.795. The fourth-order valence-electron chi connectivity index (χ4n) is 2.78. The van der Waals surface area contributed by atoms with Crippen LogP contribution in [-0.2, 0) is 0 Å². The van der Waals surface area contributed by atoms with E-state index in [4.69, 9.17) is 0 Å². The zero-order valence-corrected chi connectivity index (χ0v) is 13.5. The van der Waals surface area contributed by atoms with Crippen LogP contribution in [0.5, 0.6) is 0 Å². The number of halogens is 2. The molecule has 1 saturated heterocycles. The Kier molecular flexibility index (Phi) is 6.30. The van der Waals surface area contributed by atoms with Crippen LogP contribution in [0.1, 0.15) is 33.1 Å². The van der Waals surface area contributed by atoms with Gasteiger partial charge in [0, 0.05) is 29.2 Å². The summed E-state index contributed by atoms with van der Waals surface area (Å²) < 4.78 is 25.2. The first kappa shape index (κ1) is 16.6. The number of rotatable bonds is 5. The van der Waals surface area contributed by atoms with Crippen LogP contribution in [0.2, 0.25) is 0 Å². The third kappa shape index (κ3) is 5.15. The zero-order valence-electron chi connectivity index (χ0n) is 12.7. The van der Waals surface area contributed by atoms with Gasteiger partial charge in [0.2, 0.25) is 0 Å². The van der Waals surface area contributed by atoms with E-state index in [1.807, 2.05) is 18.2 Å². The molecule has 0 bridgehead atoms. The number of nitrogens with one attached hydrogen (secondary N) is 1. The molecule has 21 heavy (non-hydrogen) atoms. The number of anilines is 1. The number of hydrogen-bond donors (Lipinski definition) is 1. The Hall–Kier alpha value is -0.810.